The molecule has 0 amide bonds. The van der Waals surface area contributed by atoms with Crippen LogP contribution in [-0.4, -0.2) is 44.8 Å². The Kier molecular flexibility index (Phi) is 5.27. The van der Waals surface area contributed by atoms with Gasteiger partial charge in [0.05, 0.1) is 19.6 Å². The Morgan fingerprint density at radius 3 is 2.57 bits per heavy atom. The van der Waals surface area contributed by atoms with Gasteiger partial charge in [-0.25, -0.2) is 9.07 Å². The van der Waals surface area contributed by atoms with E-state index in [2.05, 4.69) is 29.4 Å². The molecule has 1 fully saturated rings. The molecule has 124 valence electrons. The maximum absolute atomic E-state index is 13.1. The van der Waals surface area contributed by atoms with Crippen molar-refractivity contribution in [2.24, 2.45) is 5.92 Å². The zero-order valence-corrected chi connectivity index (χ0v) is 14.4. The summed E-state index contributed by atoms with van der Waals surface area (Å²) in [6, 6.07) is 6.83. The van der Waals surface area contributed by atoms with E-state index in [4.69, 9.17) is 0 Å². The third-order valence-corrected chi connectivity index (χ3v) is 5.31. The van der Waals surface area contributed by atoms with Gasteiger partial charge in [0.25, 0.3) is 0 Å². The van der Waals surface area contributed by atoms with E-state index in [0.29, 0.717) is 18.5 Å². The summed E-state index contributed by atoms with van der Waals surface area (Å²) in [5.41, 5.74) is 1.01. The SMILES string of the molecule is CC(C)[C@@H](c1nnnn1Cc1ccc(F)cc1)[NH+]1CCSCC1. The fraction of sp³-hybridized carbons (Fsp3) is 0.562. The first kappa shape index (κ1) is 16.4. The summed E-state index contributed by atoms with van der Waals surface area (Å²) in [5, 5.41) is 12.4. The summed E-state index contributed by atoms with van der Waals surface area (Å²) in [4.78, 5) is 1.56. The van der Waals surface area contributed by atoms with E-state index in [9.17, 15) is 4.39 Å². The quantitative estimate of drug-likeness (QED) is 0.891. The fourth-order valence-corrected chi connectivity index (χ4v) is 4.22. The van der Waals surface area contributed by atoms with E-state index in [1.54, 1.807) is 17.0 Å². The first-order valence-corrected chi connectivity index (χ1v) is 9.23. The number of benzene rings is 1. The Morgan fingerprint density at radius 1 is 1.22 bits per heavy atom. The summed E-state index contributed by atoms with van der Waals surface area (Å²) in [6.45, 7) is 7.34. The van der Waals surface area contributed by atoms with Crippen molar-refractivity contribution in [2.75, 3.05) is 24.6 Å². The summed E-state index contributed by atoms with van der Waals surface area (Å²) >= 11 is 2.02. The minimum atomic E-state index is -0.221. The highest BCUT2D eigenvalue weighted by Gasteiger charge is 2.33. The van der Waals surface area contributed by atoms with Gasteiger partial charge in [0.2, 0.25) is 5.82 Å². The number of hydrogen-bond acceptors (Lipinski definition) is 4. The molecule has 1 saturated heterocycles. The van der Waals surface area contributed by atoms with Crippen LogP contribution in [0.15, 0.2) is 24.3 Å². The lowest BCUT2D eigenvalue weighted by Gasteiger charge is -2.32. The second-order valence-corrected chi connectivity index (χ2v) is 7.54. The van der Waals surface area contributed by atoms with Gasteiger partial charge in [-0.15, -0.1) is 5.10 Å². The molecule has 1 aliphatic heterocycles. The molecule has 2 aromatic rings. The van der Waals surface area contributed by atoms with Crippen LogP contribution in [0.5, 0.6) is 0 Å². The minimum Gasteiger partial charge on any atom is -0.325 e. The number of quaternary nitrogens is 1. The third-order valence-electron chi connectivity index (χ3n) is 4.32. The van der Waals surface area contributed by atoms with Crippen LogP contribution in [0, 0.1) is 11.7 Å². The van der Waals surface area contributed by atoms with Crippen molar-refractivity contribution in [1.82, 2.24) is 20.2 Å². The number of thioether (sulfide) groups is 1. The highest BCUT2D eigenvalue weighted by molar-refractivity contribution is 7.99. The highest BCUT2D eigenvalue weighted by Crippen LogP contribution is 2.18. The number of halogens is 1. The zero-order chi connectivity index (χ0) is 16.2. The molecule has 1 aromatic carbocycles. The molecule has 1 N–H and O–H groups in total. The van der Waals surface area contributed by atoms with Crippen molar-refractivity contribution in [3.05, 3.63) is 41.5 Å². The molecular weight excluding hydrogens is 313 g/mol. The maximum atomic E-state index is 13.1. The largest absolute Gasteiger partial charge is 0.325 e. The molecule has 0 saturated carbocycles. The van der Waals surface area contributed by atoms with Crippen molar-refractivity contribution in [1.29, 1.82) is 0 Å². The third kappa shape index (κ3) is 3.90. The lowest BCUT2D eigenvalue weighted by atomic mass is 10.0. The van der Waals surface area contributed by atoms with Gasteiger partial charge in [-0.2, -0.15) is 11.8 Å². The van der Waals surface area contributed by atoms with Gasteiger partial charge < -0.3 is 4.90 Å². The second kappa shape index (κ2) is 7.40. The number of tetrazole rings is 1. The number of nitrogens with one attached hydrogen (secondary N) is 1. The standard InChI is InChI=1S/C16H22FN5S/c1-12(2)15(21-7-9-23-10-8-21)16-18-19-20-22(16)11-13-3-5-14(17)6-4-13/h3-6,12,15H,7-11H2,1-2H3/p+1/t15-/m0/s1. The van der Waals surface area contributed by atoms with Crippen LogP contribution in [0.1, 0.15) is 31.3 Å². The van der Waals surface area contributed by atoms with Gasteiger partial charge in [-0.1, -0.05) is 26.0 Å². The number of nitrogens with zero attached hydrogens (tertiary/aromatic N) is 4. The van der Waals surface area contributed by atoms with Gasteiger partial charge >= 0.3 is 0 Å². The first-order valence-electron chi connectivity index (χ1n) is 8.08. The van der Waals surface area contributed by atoms with E-state index in [0.717, 1.165) is 24.5 Å². The van der Waals surface area contributed by atoms with Crippen LogP contribution in [-0.2, 0) is 6.54 Å². The molecule has 0 bridgehead atoms. The summed E-state index contributed by atoms with van der Waals surface area (Å²) in [6.07, 6.45) is 0. The highest BCUT2D eigenvalue weighted by atomic mass is 32.2. The molecule has 23 heavy (non-hydrogen) atoms. The molecule has 0 radical (unpaired) electrons. The van der Waals surface area contributed by atoms with Crippen LogP contribution < -0.4 is 4.90 Å². The van der Waals surface area contributed by atoms with Gasteiger partial charge in [0, 0.05) is 17.4 Å². The Bertz CT molecular complexity index is 622. The summed E-state index contributed by atoms with van der Waals surface area (Å²) in [7, 11) is 0. The second-order valence-electron chi connectivity index (χ2n) is 6.31. The Balaban J connectivity index is 1.83. The molecule has 3 rings (SSSR count). The van der Waals surface area contributed by atoms with Crippen LogP contribution in [0.25, 0.3) is 0 Å². The topological polar surface area (TPSA) is 48.0 Å². The van der Waals surface area contributed by atoms with Gasteiger partial charge in [0.15, 0.2) is 6.04 Å². The van der Waals surface area contributed by atoms with Crippen molar-refractivity contribution < 1.29 is 9.29 Å². The Morgan fingerprint density at radius 2 is 1.91 bits per heavy atom. The average Bonchev–Trinajstić information content (AvgIpc) is 2.98. The van der Waals surface area contributed by atoms with E-state index < -0.39 is 0 Å². The molecule has 2 heterocycles. The van der Waals surface area contributed by atoms with Crippen LogP contribution >= 0.6 is 11.8 Å². The summed E-state index contributed by atoms with van der Waals surface area (Å²) in [5.74, 6) is 3.56. The minimum absolute atomic E-state index is 0.221. The molecule has 0 spiro atoms. The predicted molar refractivity (Wildman–Crippen MR) is 88.9 cm³/mol. The Labute approximate surface area is 140 Å². The number of hydrogen-bond donors (Lipinski definition) is 1. The normalized spacial score (nSPS) is 17.6. The maximum Gasteiger partial charge on any atom is 0.209 e. The van der Waals surface area contributed by atoms with E-state index in [-0.39, 0.29) is 5.82 Å². The fourth-order valence-electron chi connectivity index (χ4n) is 3.21. The van der Waals surface area contributed by atoms with Crippen LogP contribution in [0.2, 0.25) is 0 Å². The molecular formula is C16H23FN5S+. The molecule has 1 aliphatic rings. The van der Waals surface area contributed by atoms with Crippen molar-refractivity contribution in [3.63, 3.8) is 0 Å². The van der Waals surface area contributed by atoms with Gasteiger partial charge in [-0.3, -0.25) is 0 Å². The lowest BCUT2D eigenvalue weighted by Crippen LogP contribution is -3.14. The van der Waals surface area contributed by atoms with Crippen molar-refractivity contribution >= 4 is 11.8 Å². The molecule has 0 unspecified atom stereocenters. The monoisotopic (exact) mass is 336 g/mol. The molecule has 1 aromatic heterocycles. The van der Waals surface area contributed by atoms with Crippen molar-refractivity contribution in [3.8, 4) is 0 Å². The smallest absolute Gasteiger partial charge is 0.209 e. The molecule has 7 heteroatoms. The van der Waals surface area contributed by atoms with E-state index in [1.807, 2.05) is 16.4 Å². The number of aromatic nitrogens is 4. The average molecular weight is 336 g/mol. The summed E-state index contributed by atoms with van der Waals surface area (Å²) < 4.78 is 14.9. The van der Waals surface area contributed by atoms with Gasteiger partial charge in [-0.05, 0) is 28.1 Å². The van der Waals surface area contributed by atoms with Crippen LogP contribution in [0.4, 0.5) is 4.39 Å². The van der Waals surface area contributed by atoms with Crippen molar-refractivity contribution in [2.45, 2.75) is 26.4 Å². The molecule has 0 aliphatic carbocycles. The molecule has 5 nitrogen and oxygen atoms in total. The number of rotatable bonds is 5. The first-order chi connectivity index (χ1) is 11.1. The van der Waals surface area contributed by atoms with Crippen LogP contribution in [0.3, 0.4) is 0 Å². The Hall–Kier alpha value is -1.47. The van der Waals surface area contributed by atoms with Gasteiger partial charge in [0.1, 0.15) is 5.82 Å². The molecule has 1 atom stereocenters. The zero-order valence-electron chi connectivity index (χ0n) is 13.6. The predicted octanol–water partition coefficient (Wildman–Crippen LogP) is 1.19. The van der Waals surface area contributed by atoms with E-state index >= 15 is 0 Å². The van der Waals surface area contributed by atoms with E-state index in [1.165, 1.54) is 23.6 Å². The lowest BCUT2D eigenvalue weighted by molar-refractivity contribution is -0.933.